The zero-order chi connectivity index (χ0) is 11.5. The lowest BCUT2D eigenvalue weighted by atomic mass is 10.3. The molecule has 0 aromatic heterocycles. The van der Waals surface area contributed by atoms with Crippen LogP contribution in [0.15, 0.2) is 29.1 Å². The fraction of sp³-hybridized carbons (Fsp3) is 0.545. The third kappa shape index (κ3) is 6.74. The third-order valence-corrected chi connectivity index (χ3v) is 1.77. The van der Waals surface area contributed by atoms with Crippen LogP contribution in [0.1, 0.15) is 26.7 Å². The number of aliphatic imine (C=N–C) groups is 1. The monoisotopic (exact) mass is 211 g/mol. The molecule has 0 amide bonds. The first kappa shape index (κ1) is 13.7. The van der Waals surface area contributed by atoms with Crippen LogP contribution < -0.4 is 5.43 Å². The van der Waals surface area contributed by atoms with Crippen LogP contribution in [0.25, 0.3) is 0 Å². The summed E-state index contributed by atoms with van der Waals surface area (Å²) in [4.78, 5) is 4.11. The average Bonchev–Trinajstić information content (AvgIpc) is 2.26. The highest BCUT2D eigenvalue weighted by molar-refractivity contribution is 5.70. The molecule has 0 saturated heterocycles. The molecule has 0 aliphatic carbocycles. The lowest BCUT2D eigenvalue weighted by Gasteiger charge is -2.19. The van der Waals surface area contributed by atoms with Crippen molar-refractivity contribution >= 4 is 6.21 Å². The van der Waals surface area contributed by atoms with Crippen molar-refractivity contribution in [3.05, 3.63) is 24.1 Å². The molecule has 0 radical (unpaired) electrons. The Bertz CT molecular complexity index is 234. The molecule has 0 rings (SSSR count). The van der Waals surface area contributed by atoms with Gasteiger partial charge in [0.25, 0.3) is 0 Å². The second-order valence-electron chi connectivity index (χ2n) is 3.00. The summed E-state index contributed by atoms with van der Waals surface area (Å²) in [5.41, 5.74) is 2.86. The van der Waals surface area contributed by atoms with Crippen molar-refractivity contribution in [2.75, 3.05) is 13.7 Å². The molecule has 0 aliphatic heterocycles. The van der Waals surface area contributed by atoms with Gasteiger partial charge in [0.15, 0.2) is 5.88 Å². The van der Waals surface area contributed by atoms with Crippen molar-refractivity contribution in [3.8, 4) is 0 Å². The van der Waals surface area contributed by atoms with Gasteiger partial charge in [-0.3, -0.25) is 10.0 Å². The van der Waals surface area contributed by atoms with E-state index in [4.69, 9.17) is 0 Å². The van der Waals surface area contributed by atoms with E-state index in [0.29, 0.717) is 6.67 Å². The van der Waals surface area contributed by atoms with Gasteiger partial charge in [0.05, 0.1) is 0 Å². The first-order valence-electron chi connectivity index (χ1n) is 5.21. The molecule has 4 nitrogen and oxygen atoms in total. The van der Waals surface area contributed by atoms with Crippen LogP contribution in [-0.2, 0) is 0 Å². The topological polar surface area (TPSA) is 47.9 Å². The molecule has 0 bridgehead atoms. The number of rotatable bonds is 7. The van der Waals surface area contributed by atoms with Crippen molar-refractivity contribution in [1.82, 2.24) is 10.4 Å². The van der Waals surface area contributed by atoms with Crippen LogP contribution >= 0.6 is 0 Å². The molecule has 0 fully saturated rings. The predicted molar refractivity (Wildman–Crippen MR) is 64.7 cm³/mol. The quantitative estimate of drug-likeness (QED) is 0.385. The number of allylic oxidation sites excluding steroid dienone is 3. The van der Waals surface area contributed by atoms with E-state index < -0.39 is 0 Å². The van der Waals surface area contributed by atoms with Crippen LogP contribution in [-0.4, -0.2) is 30.0 Å². The maximum Gasteiger partial charge on any atom is 0.199 e. The summed E-state index contributed by atoms with van der Waals surface area (Å²) < 4.78 is 0. The molecule has 0 aliphatic rings. The second kappa shape index (κ2) is 9.27. The van der Waals surface area contributed by atoms with E-state index in [-0.39, 0.29) is 5.88 Å². The molecule has 2 N–H and O–H groups in total. The molecule has 0 unspecified atom stereocenters. The molecular formula is C11H21N3O. The summed E-state index contributed by atoms with van der Waals surface area (Å²) in [6, 6.07) is 0. The van der Waals surface area contributed by atoms with Crippen molar-refractivity contribution in [2.24, 2.45) is 4.99 Å². The average molecular weight is 211 g/mol. The minimum atomic E-state index is 0.219. The lowest BCUT2D eigenvalue weighted by molar-refractivity contribution is 0.159. The SMILES string of the molecule is C/C=C\C=N/CN(NC)/C(O)=C\CCC. The van der Waals surface area contributed by atoms with E-state index in [1.807, 2.05) is 19.1 Å². The van der Waals surface area contributed by atoms with Gasteiger partial charge in [-0.15, -0.1) is 0 Å². The molecule has 0 atom stereocenters. The van der Waals surface area contributed by atoms with E-state index >= 15 is 0 Å². The summed E-state index contributed by atoms with van der Waals surface area (Å²) in [7, 11) is 1.75. The standard InChI is InChI=1S/C11H21N3O/c1-4-6-8-11(15)14(12-3)10-13-9-7-5-2/h5,7-9,12,15H,4,6,10H2,1-3H3/b7-5-,11-8+,13-9-. The van der Waals surface area contributed by atoms with Gasteiger partial charge in [-0.2, -0.15) is 0 Å². The normalized spacial score (nSPS) is 12.9. The zero-order valence-corrected chi connectivity index (χ0v) is 9.77. The zero-order valence-electron chi connectivity index (χ0n) is 9.77. The van der Waals surface area contributed by atoms with Crippen molar-refractivity contribution in [1.29, 1.82) is 0 Å². The fourth-order valence-corrected chi connectivity index (χ4v) is 0.917. The third-order valence-electron chi connectivity index (χ3n) is 1.77. The lowest BCUT2D eigenvalue weighted by Crippen LogP contribution is -2.34. The minimum absolute atomic E-state index is 0.219. The van der Waals surface area contributed by atoms with Crippen molar-refractivity contribution < 1.29 is 5.11 Å². The van der Waals surface area contributed by atoms with E-state index in [1.165, 1.54) is 0 Å². The van der Waals surface area contributed by atoms with E-state index in [2.05, 4.69) is 17.3 Å². The maximum absolute atomic E-state index is 9.63. The van der Waals surface area contributed by atoms with Crippen LogP contribution in [0.3, 0.4) is 0 Å². The molecule has 4 heteroatoms. The Morgan fingerprint density at radius 2 is 2.27 bits per heavy atom. The first-order chi connectivity index (χ1) is 7.26. The van der Waals surface area contributed by atoms with Crippen LogP contribution in [0.2, 0.25) is 0 Å². The molecule has 0 saturated carbocycles. The van der Waals surface area contributed by atoms with Gasteiger partial charge in [0.2, 0.25) is 0 Å². The number of hydrazine groups is 1. The van der Waals surface area contributed by atoms with Gasteiger partial charge in [-0.1, -0.05) is 19.4 Å². The van der Waals surface area contributed by atoms with Crippen LogP contribution in [0.5, 0.6) is 0 Å². The largest absolute Gasteiger partial charge is 0.494 e. The Balaban J connectivity index is 4.11. The molecule has 0 spiro atoms. The number of nitrogens with zero attached hydrogens (tertiary/aromatic N) is 2. The van der Waals surface area contributed by atoms with Gasteiger partial charge in [-0.05, 0) is 25.5 Å². The number of nitrogens with one attached hydrogen (secondary N) is 1. The second-order valence-corrected chi connectivity index (χ2v) is 3.00. The highest BCUT2D eigenvalue weighted by Gasteiger charge is 2.02. The van der Waals surface area contributed by atoms with E-state index in [9.17, 15) is 5.11 Å². The molecular weight excluding hydrogens is 190 g/mol. The Kier molecular flexibility index (Phi) is 8.47. The number of aliphatic hydroxyl groups is 1. The van der Waals surface area contributed by atoms with Gasteiger partial charge in [-0.25, -0.2) is 5.43 Å². The highest BCUT2D eigenvalue weighted by atomic mass is 16.3. The Morgan fingerprint density at radius 3 is 2.80 bits per heavy atom. The number of hydrogen-bond acceptors (Lipinski definition) is 4. The van der Waals surface area contributed by atoms with Gasteiger partial charge in [0.1, 0.15) is 6.67 Å². The van der Waals surface area contributed by atoms with Gasteiger partial charge >= 0.3 is 0 Å². The van der Waals surface area contributed by atoms with Gasteiger partial charge in [0, 0.05) is 13.3 Å². The summed E-state index contributed by atoms with van der Waals surface area (Å²) >= 11 is 0. The van der Waals surface area contributed by atoms with Crippen molar-refractivity contribution in [3.63, 3.8) is 0 Å². The summed E-state index contributed by atoms with van der Waals surface area (Å²) in [5, 5.41) is 11.2. The van der Waals surface area contributed by atoms with Crippen LogP contribution in [0.4, 0.5) is 0 Å². The number of aliphatic hydroxyl groups excluding tert-OH is 1. The highest BCUT2D eigenvalue weighted by Crippen LogP contribution is 1.99. The Hall–Kier alpha value is -1.29. The van der Waals surface area contributed by atoms with Gasteiger partial charge < -0.3 is 5.11 Å². The van der Waals surface area contributed by atoms with Crippen LogP contribution in [0, 0.1) is 0 Å². The number of hydrogen-bond donors (Lipinski definition) is 2. The summed E-state index contributed by atoms with van der Waals surface area (Å²) in [6.45, 7) is 4.39. The summed E-state index contributed by atoms with van der Waals surface area (Å²) in [5.74, 6) is 0.219. The molecule has 86 valence electrons. The number of unbranched alkanes of at least 4 members (excludes halogenated alkanes) is 1. The fourth-order valence-electron chi connectivity index (χ4n) is 0.917. The minimum Gasteiger partial charge on any atom is -0.494 e. The Morgan fingerprint density at radius 1 is 1.53 bits per heavy atom. The van der Waals surface area contributed by atoms with E-state index in [1.54, 1.807) is 24.3 Å². The molecule has 15 heavy (non-hydrogen) atoms. The maximum atomic E-state index is 9.63. The predicted octanol–water partition coefficient (Wildman–Crippen LogP) is 2.23. The summed E-state index contributed by atoms with van der Waals surface area (Å²) in [6.07, 6.45) is 9.12. The molecule has 0 heterocycles. The first-order valence-corrected chi connectivity index (χ1v) is 5.21. The molecule has 0 aromatic rings. The molecule has 0 aromatic carbocycles. The van der Waals surface area contributed by atoms with E-state index in [0.717, 1.165) is 12.8 Å². The Labute approximate surface area is 92.0 Å². The van der Waals surface area contributed by atoms with Crippen molar-refractivity contribution in [2.45, 2.75) is 26.7 Å². The smallest absolute Gasteiger partial charge is 0.199 e.